The maximum atomic E-state index is 12.3. The van der Waals surface area contributed by atoms with Crippen LogP contribution in [0.4, 0.5) is 5.69 Å². The predicted molar refractivity (Wildman–Crippen MR) is 147 cm³/mol. The number of carbonyl (C=O) groups excluding carboxylic acids is 1. The molecular formula is C29H23BrN4O2. The zero-order chi connectivity index (χ0) is 24.9. The van der Waals surface area contributed by atoms with Gasteiger partial charge in [-0.15, -0.1) is 0 Å². The molecule has 2 N–H and O–H groups in total. The molecule has 0 aliphatic carbocycles. The third-order valence-corrected chi connectivity index (χ3v) is 6.44. The molecule has 1 heterocycles. The van der Waals surface area contributed by atoms with Crippen molar-refractivity contribution in [3.63, 3.8) is 0 Å². The Morgan fingerprint density at radius 2 is 1.67 bits per heavy atom. The van der Waals surface area contributed by atoms with E-state index in [1.807, 2.05) is 48.5 Å². The number of anilines is 1. The number of phenols is 1. The zero-order valence-electron chi connectivity index (χ0n) is 19.3. The molecule has 0 bridgehead atoms. The summed E-state index contributed by atoms with van der Waals surface area (Å²) >= 11 is 3.30. The number of hydrogen-bond donors (Lipinski definition) is 2. The number of benzene rings is 4. The Morgan fingerprint density at radius 3 is 2.39 bits per heavy atom. The second-order valence-electron chi connectivity index (χ2n) is 8.34. The minimum atomic E-state index is -0.493. The minimum Gasteiger partial charge on any atom is -0.507 e. The highest BCUT2D eigenvalue weighted by Gasteiger charge is 2.29. The normalized spacial score (nSPS) is 15.2. The summed E-state index contributed by atoms with van der Waals surface area (Å²) in [5.41, 5.74) is 7.76. The first kappa shape index (κ1) is 23.5. The molecule has 1 amide bonds. The number of hydrazone groups is 2. The molecule has 0 radical (unpaired) electrons. The third-order valence-electron chi connectivity index (χ3n) is 5.94. The van der Waals surface area contributed by atoms with Crippen LogP contribution in [-0.2, 0) is 0 Å². The first-order valence-electron chi connectivity index (χ1n) is 11.5. The number of rotatable bonds is 6. The molecule has 1 aliphatic heterocycles. The average molecular weight is 539 g/mol. The summed E-state index contributed by atoms with van der Waals surface area (Å²) in [4.78, 5) is 12.3. The Morgan fingerprint density at radius 1 is 0.972 bits per heavy atom. The van der Waals surface area contributed by atoms with Gasteiger partial charge in [-0.05, 0) is 47.0 Å². The smallest absolute Gasteiger partial charge is 0.275 e. The molecule has 5 rings (SSSR count). The summed E-state index contributed by atoms with van der Waals surface area (Å²) in [6.07, 6.45) is 2.37. The van der Waals surface area contributed by atoms with Gasteiger partial charge in [0.1, 0.15) is 5.75 Å². The van der Waals surface area contributed by atoms with Gasteiger partial charge in [-0.25, -0.2) is 5.43 Å². The van der Waals surface area contributed by atoms with E-state index in [1.165, 1.54) is 11.6 Å². The fourth-order valence-corrected chi connectivity index (χ4v) is 4.48. The van der Waals surface area contributed by atoms with Gasteiger partial charge in [0.05, 0.1) is 29.2 Å². The molecular weight excluding hydrogens is 516 g/mol. The van der Waals surface area contributed by atoms with E-state index < -0.39 is 5.91 Å². The fourth-order valence-electron chi connectivity index (χ4n) is 4.12. The van der Waals surface area contributed by atoms with Gasteiger partial charge in [0.25, 0.3) is 5.91 Å². The second kappa shape index (κ2) is 10.6. The van der Waals surface area contributed by atoms with Gasteiger partial charge in [0, 0.05) is 10.9 Å². The molecule has 0 saturated carbocycles. The van der Waals surface area contributed by atoms with E-state index in [0.29, 0.717) is 4.47 Å². The van der Waals surface area contributed by atoms with Crippen molar-refractivity contribution in [3.05, 3.63) is 130 Å². The summed E-state index contributed by atoms with van der Waals surface area (Å²) in [6, 6.07) is 33.2. The van der Waals surface area contributed by atoms with Crippen LogP contribution >= 0.6 is 15.9 Å². The van der Waals surface area contributed by atoms with E-state index in [-0.39, 0.29) is 17.4 Å². The maximum Gasteiger partial charge on any atom is 0.275 e. The Balaban J connectivity index is 1.34. The van der Waals surface area contributed by atoms with Crippen molar-refractivity contribution < 1.29 is 9.90 Å². The number of carbonyl (C=O) groups is 1. The molecule has 178 valence electrons. The summed E-state index contributed by atoms with van der Waals surface area (Å²) in [5.74, 6) is -0.600. The summed E-state index contributed by atoms with van der Waals surface area (Å²) in [5, 5.41) is 21.0. The van der Waals surface area contributed by atoms with Crippen LogP contribution in [-0.4, -0.2) is 22.9 Å². The van der Waals surface area contributed by atoms with Gasteiger partial charge in [-0.2, -0.15) is 10.2 Å². The lowest BCUT2D eigenvalue weighted by Crippen LogP contribution is -2.18. The van der Waals surface area contributed by atoms with Crippen molar-refractivity contribution in [1.82, 2.24) is 5.43 Å². The van der Waals surface area contributed by atoms with Crippen LogP contribution in [0.5, 0.6) is 5.75 Å². The highest BCUT2D eigenvalue weighted by molar-refractivity contribution is 9.10. The van der Waals surface area contributed by atoms with Crippen LogP contribution in [0, 0.1) is 0 Å². The molecule has 7 heteroatoms. The number of nitrogens with one attached hydrogen (secondary N) is 1. The lowest BCUT2D eigenvalue weighted by Gasteiger charge is -2.24. The van der Waals surface area contributed by atoms with Crippen molar-refractivity contribution in [2.75, 3.05) is 5.01 Å². The predicted octanol–water partition coefficient (Wildman–Crippen LogP) is 6.27. The van der Waals surface area contributed by atoms with Gasteiger partial charge in [-0.3, -0.25) is 9.80 Å². The zero-order valence-corrected chi connectivity index (χ0v) is 20.8. The first-order chi connectivity index (χ1) is 17.6. The number of phenolic OH excluding ortho intramolecular Hbond substituents is 1. The van der Waals surface area contributed by atoms with Crippen LogP contribution in [0.3, 0.4) is 0 Å². The molecule has 0 spiro atoms. The minimum absolute atomic E-state index is 0.0954. The number of aromatic hydroxyl groups is 1. The van der Waals surface area contributed by atoms with E-state index >= 15 is 0 Å². The van der Waals surface area contributed by atoms with Gasteiger partial charge in [-0.1, -0.05) is 88.7 Å². The quantitative estimate of drug-likeness (QED) is 0.224. The Hall–Kier alpha value is -4.23. The van der Waals surface area contributed by atoms with Crippen LogP contribution in [0.1, 0.15) is 39.5 Å². The molecule has 4 aromatic carbocycles. The summed E-state index contributed by atoms with van der Waals surface area (Å²) in [7, 11) is 0. The highest BCUT2D eigenvalue weighted by atomic mass is 79.9. The van der Waals surface area contributed by atoms with Crippen LogP contribution < -0.4 is 10.4 Å². The molecule has 0 aromatic heterocycles. The standard InChI is InChI=1S/C29H23BrN4O2/c30-23-13-16-28(35)25(17-23)29(36)32-31-19-20-11-14-24(15-12-20)34-27(22-9-5-2-6-10-22)18-26(33-34)21-7-3-1-4-8-21/h1-17,19,27,35H,18H2,(H,32,36)/b31-19-/t27-/m0/s1. The highest BCUT2D eigenvalue weighted by Crippen LogP contribution is 2.36. The van der Waals surface area contributed by atoms with Gasteiger partial charge in [0.2, 0.25) is 0 Å². The van der Waals surface area contributed by atoms with E-state index in [9.17, 15) is 9.90 Å². The largest absolute Gasteiger partial charge is 0.507 e. The lowest BCUT2D eigenvalue weighted by molar-refractivity contribution is 0.0952. The van der Waals surface area contributed by atoms with Crippen LogP contribution in [0.2, 0.25) is 0 Å². The Labute approximate surface area is 217 Å². The Bertz CT molecular complexity index is 1420. The van der Waals surface area contributed by atoms with Crippen molar-refractivity contribution in [3.8, 4) is 5.75 Å². The van der Waals surface area contributed by atoms with Crippen molar-refractivity contribution in [2.24, 2.45) is 10.2 Å². The SMILES string of the molecule is O=C(N/N=C\c1ccc(N2N=C(c3ccccc3)C[C@H]2c2ccccc2)cc1)c1cc(Br)ccc1O. The molecule has 0 unspecified atom stereocenters. The number of nitrogens with zero attached hydrogens (tertiary/aromatic N) is 3. The lowest BCUT2D eigenvalue weighted by atomic mass is 9.98. The summed E-state index contributed by atoms with van der Waals surface area (Å²) in [6.45, 7) is 0. The van der Waals surface area contributed by atoms with Crippen molar-refractivity contribution >= 4 is 39.5 Å². The van der Waals surface area contributed by atoms with E-state index in [4.69, 9.17) is 5.10 Å². The van der Waals surface area contributed by atoms with Crippen molar-refractivity contribution in [1.29, 1.82) is 0 Å². The molecule has 36 heavy (non-hydrogen) atoms. The Kier molecular flexibility index (Phi) is 6.91. The van der Waals surface area contributed by atoms with Crippen molar-refractivity contribution in [2.45, 2.75) is 12.5 Å². The van der Waals surface area contributed by atoms with E-state index in [0.717, 1.165) is 28.9 Å². The average Bonchev–Trinajstić information content (AvgIpc) is 3.37. The number of hydrogen-bond acceptors (Lipinski definition) is 5. The summed E-state index contributed by atoms with van der Waals surface area (Å²) < 4.78 is 0.693. The molecule has 1 atom stereocenters. The third kappa shape index (κ3) is 5.21. The topological polar surface area (TPSA) is 77.3 Å². The first-order valence-corrected chi connectivity index (χ1v) is 12.3. The van der Waals surface area contributed by atoms with Crippen LogP contribution in [0.15, 0.2) is 118 Å². The van der Waals surface area contributed by atoms with Crippen LogP contribution in [0.25, 0.3) is 0 Å². The molecule has 0 saturated heterocycles. The monoisotopic (exact) mass is 538 g/mol. The fraction of sp³-hybridized carbons (Fsp3) is 0.0690. The molecule has 0 fully saturated rings. The molecule has 1 aliphatic rings. The van der Waals surface area contributed by atoms with E-state index in [2.05, 4.69) is 67.9 Å². The maximum absolute atomic E-state index is 12.3. The van der Waals surface area contributed by atoms with Gasteiger partial charge < -0.3 is 5.11 Å². The number of halogens is 1. The number of amides is 1. The van der Waals surface area contributed by atoms with Gasteiger partial charge >= 0.3 is 0 Å². The van der Waals surface area contributed by atoms with Gasteiger partial charge in [0.15, 0.2) is 0 Å². The van der Waals surface area contributed by atoms with E-state index in [1.54, 1.807) is 18.3 Å². The second-order valence-corrected chi connectivity index (χ2v) is 9.26. The molecule has 6 nitrogen and oxygen atoms in total. The molecule has 4 aromatic rings.